The number of nitrogens with two attached hydrogens (primary N) is 1. The van der Waals surface area contributed by atoms with E-state index in [0.29, 0.717) is 6.42 Å². The molecule has 4 rings (SSSR count). The normalized spacial score (nSPS) is 14.0. The molecule has 0 saturated carbocycles. The number of hydrogen-bond acceptors (Lipinski definition) is 4. The molecule has 0 unspecified atom stereocenters. The van der Waals surface area contributed by atoms with Gasteiger partial charge in [-0.05, 0) is 36.9 Å². The zero-order chi connectivity index (χ0) is 18.1. The summed E-state index contributed by atoms with van der Waals surface area (Å²) in [4.78, 5) is 2.32. The molecule has 0 radical (unpaired) electrons. The summed E-state index contributed by atoms with van der Waals surface area (Å²) in [6.45, 7) is 1.91. The second kappa shape index (κ2) is 6.66. The smallest absolute Gasteiger partial charge is 0.0975 e. The van der Waals surface area contributed by atoms with Gasteiger partial charge < -0.3 is 10.6 Å². The number of aromatic nitrogens is 2. The van der Waals surface area contributed by atoms with Crippen LogP contribution in [0.2, 0.25) is 0 Å². The van der Waals surface area contributed by atoms with Gasteiger partial charge in [0.2, 0.25) is 0 Å². The Morgan fingerprint density at radius 1 is 1.12 bits per heavy atom. The molecule has 0 aliphatic carbocycles. The summed E-state index contributed by atoms with van der Waals surface area (Å²) in [5.74, 6) is 0. The van der Waals surface area contributed by atoms with Crippen LogP contribution in [-0.2, 0) is 19.4 Å². The Kier molecular flexibility index (Phi) is 4.19. The number of nitriles is 1. The van der Waals surface area contributed by atoms with E-state index in [2.05, 4.69) is 22.7 Å². The van der Waals surface area contributed by atoms with E-state index in [4.69, 9.17) is 16.1 Å². The second-order valence-corrected chi connectivity index (χ2v) is 6.80. The molecule has 2 aromatic carbocycles. The lowest BCUT2D eigenvalue weighted by molar-refractivity contribution is 0.310. The standard InChI is InChI=1S/C21H21N5/c1-25-13-11-20-19(14-25)21(16-4-6-17(23)7-5-16)24-26(20)18-8-2-15(3-9-18)10-12-22/h2-9H,10-11,13-14,23H2,1H3. The number of rotatable bonds is 3. The van der Waals surface area contributed by atoms with E-state index >= 15 is 0 Å². The molecule has 2 heterocycles. The van der Waals surface area contributed by atoms with Gasteiger partial charge in [-0.2, -0.15) is 10.4 Å². The number of hydrogen-bond donors (Lipinski definition) is 1. The lowest BCUT2D eigenvalue weighted by Crippen LogP contribution is -2.27. The summed E-state index contributed by atoms with van der Waals surface area (Å²) in [6.07, 6.45) is 1.40. The van der Waals surface area contributed by atoms with Crippen molar-refractivity contribution < 1.29 is 0 Å². The summed E-state index contributed by atoms with van der Waals surface area (Å²) in [5.41, 5.74) is 13.3. The lowest BCUT2D eigenvalue weighted by atomic mass is 10.0. The summed E-state index contributed by atoms with van der Waals surface area (Å²) in [6, 6.07) is 18.2. The number of nitrogens with zero attached hydrogens (tertiary/aromatic N) is 4. The molecule has 5 heteroatoms. The fraction of sp³-hybridized carbons (Fsp3) is 0.238. The first-order chi connectivity index (χ1) is 12.7. The van der Waals surface area contributed by atoms with Crippen LogP contribution < -0.4 is 5.73 Å². The third kappa shape index (κ3) is 2.96. The van der Waals surface area contributed by atoms with Crippen molar-refractivity contribution >= 4 is 5.69 Å². The number of fused-ring (bicyclic) bond motifs is 1. The van der Waals surface area contributed by atoms with E-state index in [1.54, 1.807) is 0 Å². The van der Waals surface area contributed by atoms with Crippen molar-refractivity contribution in [2.45, 2.75) is 19.4 Å². The Labute approximate surface area is 153 Å². The predicted octanol–water partition coefficient (Wildman–Crippen LogP) is 3.18. The zero-order valence-corrected chi connectivity index (χ0v) is 14.8. The molecule has 26 heavy (non-hydrogen) atoms. The highest BCUT2D eigenvalue weighted by Gasteiger charge is 2.24. The zero-order valence-electron chi connectivity index (χ0n) is 14.8. The number of anilines is 1. The van der Waals surface area contributed by atoms with Gasteiger partial charge in [-0.25, -0.2) is 4.68 Å². The molecule has 3 aromatic rings. The van der Waals surface area contributed by atoms with Crippen molar-refractivity contribution in [3.8, 4) is 23.0 Å². The monoisotopic (exact) mass is 343 g/mol. The van der Waals surface area contributed by atoms with Crippen LogP contribution in [0.15, 0.2) is 48.5 Å². The van der Waals surface area contributed by atoms with Crippen molar-refractivity contribution in [2.24, 2.45) is 0 Å². The van der Waals surface area contributed by atoms with E-state index in [-0.39, 0.29) is 0 Å². The minimum Gasteiger partial charge on any atom is -0.399 e. The first-order valence-corrected chi connectivity index (χ1v) is 8.77. The molecule has 1 aliphatic heterocycles. The van der Waals surface area contributed by atoms with Crippen LogP contribution in [0.4, 0.5) is 5.69 Å². The molecule has 0 bridgehead atoms. The fourth-order valence-corrected chi connectivity index (χ4v) is 3.49. The van der Waals surface area contributed by atoms with E-state index in [1.807, 2.05) is 48.5 Å². The topological polar surface area (TPSA) is 70.9 Å². The average Bonchev–Trinajstić information content (AvgIpc) is 3.02. The Bertz CT molecular complexity index is 961. The predicted molar refractivity (Wildman–Crippen MR) is 103 cm³/mol. The highest BCUT2D eigenvalue weighted by atomic mass is 15.3. The summed E-state index contributed by atoms with van der Waals surface area (Å²) < 4.78 is 2.06. The molecule has 0 saturated heterocycles. The molecule has 0 spiro atoms. The number of likely N-dealkylation sites (N-methyl/N-ethyl adjacent to an activating group) is 1. The van der Waals surface area contributed by atoms with Crippen LogP contribution >= 0.6 is 0 Å². The van der Waals surface area contributed by atoms with Crippen LogP contribution in [0.25, 0.3) is 16.9 Å². The maximum absolute atomic E-state index is 8.86. The van der Waals surface area contributed by atoms with Crippen molar-refractivity contribution in [2.75, 3.05) is 19.3 Å². The molecule has 0 amide bonds. The molecule has 0 atom stereocenters. The molecule has 0 fully saturated rings. The number of benzene rings is 2. The van der Waals surface area contributed by atoms with Crippen molar-refractivity contribution in [1.29, 1.82) is 5.26 Å². The summed E-state index contributed by atoms with van der Waals surface area (Å²) in [5, 5.41) is 13.8. The third-order valence-corrected chi connectivity index (χ3v) is 4.90. The van der Waals surface area contributed by atoms with Crippen LogP contribution in [0, 0.1) is 11.3 Å². The maximum atomic E-state index is 8.86. The first-order valence-electron chi connectivity index (χ1n) is 8.77. The fourth-order valence-electron chi connectivity index (χ4n) is 3.49. The van der Waals surface area contributed by atoms with Crippen LogP contribution in [0.1, 0.15) is 16.8 Å². The summed E-state index contributed by atoms with van der Waals surface area (Å²) >= 11 is 0. The van der Waals surface area contributed by atoms with Crippen LogP contribution in [0.3, 0.4) is 0 Å². The SMILES string of the molecule is CN1CCc2c(c(-c3ccc(N)cc3)nn2-c2ccc(CC#N)cc2)C1. The largest absolute Gasteiger partial charge is 0.399 e. The van der Waals surface area contributed by atoms with Gasteiger partial charge in [0.05, 0.1) is 29.6 Å². The third-order valence-electron chi connectivity index (χ3n) is 4.90. The Balaban J connectivity index is 1.81. The van der Waals surface area contributed by atoms with Gasteiger partial charge in [0.25, 0.3) is 0 Å². The minimum absolute atomic E-state index is 0.430. The van der Waals surface area contributed by atoms with Crippen molar-refractivity contribution in [3.63, 3.8) is 0 Å². The maximum Gasteiger partial charge on any atom is 0.0975 e. The first kappa shape index (κ1) is 16.4. The van der Waals surface area contributed by atoms with Gasteiger partial charge in [0.15, 0.2) is 0 Å². The van der Waals surface area contributed by atoms with Gasteiger partial charge >= 0.3 is 0 Å². The second-order valence-electron chi connectivity index (χ2n) is 6.80. The van der Waals surface area contributed by atoms with Gasteiger partial charge in [-0.15, -0.1) is 0 Å². The minimum atomic E-state index is 0.430. The number of nitrogen functional groups attached to an aromatic ring is 1. The van der Waals surface area contributed by atoms with Crippen molar-refractivity contribution in [3.05, 3.63) is 65.4 Å². The van der Waals surface area contributed by atoms with Gasteiger partial charge in [-0.1, -0.05) is 24.3 Å². The highest BCUT2D eigenvalue weighted by molar-refractivity contribution is 5.67. The molecule has 1 aromatic heterocycles. The molecule has 1 aliphatic rings. The van der Waals surface area contributed by atoms with Crippen molar-refractivity contribution in [1.82, 2.24) is 14.7 Å². The van der Waals surface area contributed by atoms with E-state index in [0.717, 1.165) is 47.7 Å². The van der Waals surface area contributed by atoms with E-state index in [9.17, 15) is 0 Å². The molecule has 2 N–H and O–H groups in total. The van der Waals surface area contributed by atoms with Gasteiger partial charge in [0.1, 0.15) is 0 Å². The quantitative estimate of drug-likeness (QED) is 0.742. The molecule has 5 nitrogen and oxygen atoms in total. The van der Waals surface area contributed by atoms with Crippen LogP contribution in [-0.4, -0.2) is 28.3 Å². The highest BCUT2D eigenvalue weighted by Crippen LogP contribution is 2.31. The molecular weight excluding hydrogens is 322 g/mol. The van der Waals surface area contributed by atoms with Gasteiger partial charge in [0, 0.05) is 36.3 Å². The Morgan fingerprint density at radius 3 is 2.54 bits per heavy atom. The Hall–Kier alpha value is -3.10. The molecule has 130 valence electrons. The van der Waals surface area contributed by atoms with Crippen LogP contribution in [0.5, 0.6) is 0 Å². The van der Waals surface area contributed by atoms with E-state index < -0.39 is 0 Å². The Morgan fingerprint density at radius 2 is 1.85 bits per heavy atom. The molecular formula is C21H21N5. The van der Waals surface area contributed by atoms with Gasteiger partial charge in [-0.3, -0.25) is 0 Å². The van der Waals surface area contributed by atoms with E-state index in [1.165, 1.54) is 11.3 Å². The lowest BCUT2D eigenvalue weighted by Gasteiger charge is -2.23. The average molecular weight is 343 g/mol. The summed E-state index contributed by atoms with van der Waals surface area (Å²) in [7, 11) is 2.14.